The fourth-order valence-electron chi connectivity index (χ4n) is 2.31. The molecule has 0 saturated heterocycles. The molecule has 2 atom stereocenters. The van der Waals surface area contributed by atoms with Crippen molar-refractivity contribution < 1.29 is 9.90 Å². The van der Waals surface area contributed by atoms with Gasteiger partial charge in [0, 0.05) is 11.8 Å². The molecule has 7 heteroatoms. The molecule has 0 aliphatic heterocycles. The largest absolute Gasteiger partial charge is 0.391 e. The predicted molar refractivity (Wildman–Crippen MR) is 74.1 cm³/mol. The van der Waals surface area contributed by atoms with Gasteiger partial charge in [-0.3, -0.25) is 9.63 Å². The number of nitrogens with one attached hydrogen (secondary N) is 2. The van der Waals surface area contributed by atoms with Crippen LogP contribution in [0.2, 0.25) is 0 Å². The number of anilines is 2. The Kier molecular flexibility index (Phi) is 4.44. The number of carbonyl (C=O) groups excluding carboxylic acids is 1. The van der Waals surface area contributed by atoms with Crippen LogP contribution in [0.4, 0.5) is 11.4 Å². The van der Waals surface area contributed by atoms with E-state index in [1.54, 1.807) is 6.07 Å². The highest BCUT2D eigenvalue weighted by Gasteiger charge is 2.23. The van der Waals surface area contributed by atoms with Gasteiger partial charge in [0.05, 0.1) is 29.7 Å². The van der Waals surface area contributed by atoms with Crippen LogP contribution in [-0.4, -0.2) is 28.1 Å². The number of pyridine rings is 1. The van der Waals surface area contributed by atoms with E-state index < -0.39 is 5.91 Å². The van der Waals surface area contributed by atoms with Gasteiger partial charge in [0.25, 0.3) is 5.91 Å². The van der Waals surface area contributed by atoms with Crippen LogP contribution in [0.5, 0.6) is 0 Å². The number of primary amides is 1. The van der Waals surface area contributed by atoms with Gasteiger partial charge in [0.15, 0.2) is 5.69 Å². The van der Waals surface area contributed by atoms with Crippen LogP contribution in [0.1, 0.15) is 36.2 Å². The molecule has 6 nitrogen and oxygen atoms in total. The highest BCUT2D eigenvalue weighted by molar-refractivity contribution is 6.25. The van der Waals surface area contributed by atoms with Gasteiger partial charge in [-0.05, 0) is 18.9 Å². The van der Waals surface area contributed by atoms with Crippen molar-refractivity contribution in [2.45, 2.75) is 37.8 Å². The van der Waals surface area contributed by atoms with Crippen LogP contribution >= 0.6 is 11.8 Å². The third-order valence-corrected chi connectivity index (χ3v) is 3.51. The van der Waals surface area contributed by atoms with Crippen LogP contribution in [-0.2, 0) is 0 Å². The number of aliphatic hydroxyl groups is 1. The zero-order chi connectivity index (χ0) is 13.8. The minimum atomic E-state index is -0.646. The lowest BCUT2D eigenvalue weighted by Gasteiger charge is -2.29. The molecule has 1 aliphatic rings. The minimum Gasteiger partial charge on any atom is -0.391 e. The summed E-state index contributed by atoms with van der Waals surface area (Å²) in [6.07, 6.45) is 4.98. The van der Waals surface area contributed by atoms with Crippen LogP contribution < -0.4 is 15.9 Å². The third-order valence-electron chi connectivity index (χ3n) is 3.30. The molecule has 1 saturated carbocycles. The fourth-order valence-corrected chi connectivity index (χ4v) is 2.45. The summed E-state index contributed by atoms with van der Waals surface area (Å²) < 4.78 is 0. The first-order valence-electron chi connectivity index (χ1n) is 6.23. The number of halogens is 1. The van der Waals surface area contributed by atoms with Gasteiger partial charge >= 0.3 is 0 Å². The number of rotatable bonds is 4. The zero-order valence-corrected chi connectivity index (χ0v) is 11.2. The van der Waals surface area contributed by atoms with Crippen LogP contribution in [0.15, 0.2) is 12.3 Å². The molecular weight excluding hydrogens is 268 g/mol. The van der Waals surface area contributed by atoms with Crippen molar-refractivity contribution in [2.24, 2.45) is 5.73 Å². The highest BCUT2D eigenvalue weighted by Crippen LogP contribution is 2.24. The maximum Gasteiger partial charge on any atom is 0.269 e. The molecule has 0 bridgehead atoms. The van der Waals surface area contributed by atoms with E-state index in [0.29, 0.717) is 11.4 Å². The fraction of sp³-hybridized carbons (Fsp3) is 0.500. The lowest BCUT2D eigenvalue weighted by atomic mass is 9.92. The van der Waals surface area contributed by atoms with Crippen molar-refractivity contribution in [1.29, 1.82) is 0 Å². The number of carbonyl (C=O) groups is 1. The zero-order valence-electron chi connectivity index (χ0n) is 10.4. The smallest absolute Gasteiger partial charge is 0.269 e. The molecule has 0 aromatic carbocycles. The van der Waals surface area contributed by atoms with Crippen molar-refractivity contribution >= 4 is 29.1 Å². The minimum absolute atomic E-state index is 0.00171. The molecule has 1 aromatic heterocycles. The van der Waals surface area contributed by atoms with Crippen LogP contribution in [0.3, 0.4) is 0 Å². The summed E-state index contributed by atoms with van der Waals surface area (Å²) in [6, 6.07) is 1.65. The van der Waals surface area contributed by atoms with Gasteiger partial charge in [-0.2, -0.15) is 0 Å². The normalized spacial score (nSPS) is 22.8. The lowest BCUT2D eigenvalue weighted by molar-refractivity contribution is 0.0996. The van der Waals surface area contributed by atoms with Crippen LogP contribution in [0, 0.1) is 0 Å². The van der Waals surface area contributed by atoms with Gasteiger partial charge in [-0.25, -0.2) is 4.98 Å². The van der Waals surface area contributed by atoms with Crippen molar-refractivity contribution in [2.75, 3.05) is 10.2 Å². The number of hydrogen-bond acceptors (Lipinski definition) is 5. The maximum absolute atomic E-state index is 11.1. The first-order chi connectivity index (χ1) is 9.11. The Morgan fingerprint density at radius 1 is 1.47 bits per heavy atom. The number of hydrogen-bond donors (Lipinski definition) is 4. The second kappa shape index (κ2) is 6.08. The molecule has 1 aliphatic carbocycles. The first-order valence-corrected chi connectivity index (χ1v) is 6.60. The van der Waals surface area contributed by atoms with E-state index in [4.69, 9.17) is 17.5 Å². The Morgan fingerprint density at radius 3 is 2.84 bits per heavy atom. The summed E-state index contributed by atoms with van der Waals surface area (Å²) in [5, 5.41) is 13.1. The summed E-state index contributed by atoms with van der Waals surface area (Å²) in [4.78, 5) is 17.5. The van der Waals surface area contributed by atoms with Gasteiger partial charge in [0.2, 0.25) is 0 Å². The van der Waals surface area contributed by atoms with E-state index in [9.17, 15) is 9.90 Å². The molecule has 0 radical (unpaired) electrons. The van der Waals surface area contributed by atoms with Crippen molar-refractivity contribution in [1.82, 2.24) is 4.98 Å². The van der Waals surface area contributed by atoms with E-state index in [-0.39, 0.29) is 17.8 Å². The Morgan fingerprint density at radius 2 is 2.21 bits per heavy atom. The second-order valence-electron chi connectivity index (χ2n) is 4.68. The highest BCUT2D eigenvalue weighted by atomic mass is 35.5. The molecule has 2 rings (SSSR count). The summed E-state index contributed by atoms with van der Waals surface area (Å²) in [7, 11) is 0. The molecule has 0 unspecified atom stereocenters. The Hall–Kier alpha value is -1.53. The van der Waals surface area contributed by atoms with E-state index in [1.807, 2.05) is 0 Å². The Balaban J connectivity index is 2.14. The van der Waals surface area contributed by atoms with Crippen molar-refractivity contribution in [3.63, 3.8) is 0 Å². The lowest BCUT2D eigenvalue weighted by Crippen LogP contribution is -2.36. The molecule has 19 heavy (non-hydrogen) atoms. The summed E-state index contributed by atoms with van der Waals surface area (Å²) in [5.74, 6) is -0.646. The van der Waals surface area contributed by atoms with Gasteiger partial charge in [-0.15, -0.1) is 0 Å². The molecule has 5 N–H and O–H groups in total. The topological polar surface area (TPSA) is 100 Å². The maximum atomic E-state index is 11.1. The number of aromatic nitrogens is 1. The monoisotopic (exact) mass is 284 g/mol. The van der Waals surface area contributed by atoms with E-state index in [1.165, 1.54) is 6.20 Å². The Labute approximate surface area is 116 Å². The average molecular weight is 285 g/mol. The summed E-state index contributed by atoms with van der Waals surface area (Å²) >= 11 is 5.54. The number of nitrogens with two attached hydrogens (primary N) is 1. The van der Waals surface area contributed by atoms with Crippen molar-refractivity contribution in [3.8, 4) is 0 Å². The molecule has 1 fully saturated rings. The van der Waals surface area contributed by atoms with Gasteiger partial charge < -0.3 is 16.2 Å². The Bertz CT molecular complexity index is 469. The molecule has 1 amide bonds. The molecule has 104 valence electrons. The number of amides is 1. The SMILES string of the molecule is NC(=O)c1ncc(N[C@@H]2CCCC[C@@H]2O)cc1NCl. The molecule has 1 aromatic rings. The van der Waals surface area contributed by atoms with Crippen LogP contribution in [0.25, 0.3) is 0 Å². The summed E-state index contributed by atoms with van der Waals surface area (Å²) in [6.45, 7) is 0. The van der Waals surface area contributed by atoms with Gasteiger partial charge in [-0.1, -0.05) is 12.8 Å². The van der Waals surface area contributed by atoms with Crippen molar-refractivity contribution in [3.05, 3.63) is 18.0 Å². The van der Waals surface area contributed by atoms with E-state index in [2.05, 4.69) is 15.1 Å². The molecule has 0 spiro atoms. The molecular formula is C12H17ClN4O2. The van der Waals surface area contributed by atoms with E-state index in [0.717, 1.165) is 25.7 Å². The van der Waals surface area contributed by atoms with E-state index >= 15 is 0 Å². The standard InChI is InChI=1S/C12H17ClN4O2/c13-17-9-5-7(6-15-11(9)12(14)19)16-8-3-1-2-4-10(8)18/h5-6,8,10,16-18H,1-4H2,(H2,14,19)/t8-,10+/m1/s1. The quantitative estimate of drug-likeness (QED) is 0.627. The average Bonchev–Trinajstić information content (AvgIpc) is 2.41. The van der Waals surface area contributed by atoms with Gasteiger partial charge in [0.1, 0.15) is 0 Å². The second-order valence-corrected chi connectivity index (χ2v) is 4.87. The predicted octanol–water partition coefficient (Wildman–Crippen LogP) is 1.46. The summed E-state index contributed by atoms with van der Waals surface area (Å²) in [5.41, 5.74) is 6.32. The third kappa shape index (κ3) is 3.27. The first kappa shape index (κ1) is 13.9. The molecule has 1 heterocycles. The number of nitrogens with zero attached hydrogens (tertiary/aromatic N) is 1. The number of aliphatic hydroxyl groups excluding tert-OH is 1.